The minimum Gasteiger partial charge on any atom is -0.352 e. The molecule has 1 amide bonds. The fraction of sp³-hybridized carbons (Fsp3) is 0.562. The summed E-state index contributed by atoms with van der Waals surface area (Å²) in [5.74, 6) is 0.240. The highest BCUT2D eigenvalue weighted by Crippen LogP contribution is 2.20. The summed E-state index contributed by atoms with van der Waals surface area (Å²) >= 11 is 0. The Hall–Kier alpha value is -1.15. The van der Waals surface area contributed by atoms with E-state index in [2.05, 4.69) is 15.4 Å². The molecule has 6 nitrogen and oxygen atoms in total. The lowest BCUT2D eigenvalue weighted by Crippen LogP contribution is -2.48. The first kappa shape index (κ1) is 19.2. The Morgan fingerprint density at radius 1 is 1.21 bits per heavy atom. The van der Waals surface area contributed by atoms with Crippen LogP contribution >= 0.6 is 12.4 Å². The number of benzene rings is 1. The van der Waals surface area contributed by atoms with Crippen molar-refractivity contribution < 1.29 is 13.2 Å². The molecular weight excluding hydrogens is 350 g/mol. The van der Waals surface area contributed by atoms with Crippen LogP contribution in [0.4, 0.5) is 0 Å². The van der Waals surface area contributed by atoms with Crippen LogP contribution in [0.15, 0.2) is 29.2 Å². The zero-order valence-electron chi connectivity index (χ0n) is 13.5. The first-order valence-corrected chi connectivity index (χ1v) is 9.64. The highest BCUT2D eigenvalue weighted by atomic mass is 35.5. The van der Waals surface area contributed by atoms with E-state index in [0.717, 1.165) is 38.8 Å². The van der Waals surface area contributed by atoms with E-state index in [0.29, 0.717) is 18.0 Å². The standard InChI is InChI=1S/C16H23N3O3S.ClH/c20-16(18-11-12-9-17-10-12)13-4-3-7-15(8-13)23(21,22)19-14-5-1-2-6-14;/h3-4,7-8,12,14,17,19H,1-2,5-6,9-11H2,(H,18,20);1H. The van der Waals surface area contributed by atoms with Crippen molar-refractivity contribution in [1.82, 2.24) is 15.4 Å². The maximum atomic E-state index is 12.4. The van der Waals surface area contributed by atoms with Gasteiger partial charge in [0.2, 0.25) is 10.0 Å². The predicted octanol–water partition coefficient (Wildman–Crippen LogP) is 1.28. The minimum absolute atomic E-state index is 0. The number of sulfonamides is 1. The van der Waals surface area contributed by atoms with Crippen LogP contribution in [0.25, 0.3) is 0 Å². The molecule has 0 aromatic heterocycles. The molecule has 134 valence electrons. The molecule has 1 heterocycles. The van der Waals surface area contributed by atoms with Crippen molar-refractivity contribution in [2.75, 3.05) is 19.6 Å². The molecule has 1 saturated carbocycles. The van der Waals surface area contributed by atoms with Crippen LogP contribution in [0.3, 0.4) is 0 Å². The maximum Gasteiger partial charge on any atom is 0.251 e. The van der Waals surface area contributed by atoms with Gasteiger partial charge in [-0.15, -0.1) is 12.4 Å². The number of nitrogens with one attached hydrogen (secondary N) is 3. The smallest absolute Gasteiger partial charge is 0.251 e. The third-order valence-corrected chi connectivity index (χ3v) is 6.02. The van der Waals surface area contributed by atoms with E-state index in [1.807, 2.05) is 0 Å². The number of halogens is 1. The molecule has 0 spiro atoms. The van der Waals surface area contributed by atoms with Crippen molar-refractivity contribution in [3.05, 3.63) is 29.8 Å². The average Bonchev–Trinajstić information content (AvgIpc) is 2.98. The number of amides is 1. The Balaban J connectivity index is 0.00000208. The van der Waals surface area contributed by atoms with Crippen molar-refractivity contribution in [3.8, 4) is 0 Å². The number of rotatable bonds is 6. The summed E-state index contributed by atoms with van der Waals surface area (Å²) in [5, 5.41) is 6.01. The second-order valence-electron chi connectivity index (χ2n) is 6.36. The Labute approximate surface area is 149 Å². The van der Waals surface area contributed by atoms with Crippen molar-refractivity contribution in [1.29, 1.82) is 0 Å². The SMILES string of the molecule is Cl.O=C(NCC1CNC1)c1cccc(S(=O)(=O)NC2CCCC2)c1. The van der Waals surface area contributed by atoms with Gasteiger partial charge in [-0.1, -0.05) is 18.9 Å². The van der Waals surface area contributed by atoms with Gasteiger partial charge in [-0.25, -0.2) is 13.1 Å². The molecule has 24 heavy (non-hydrogen) atoms. The molecule has 0 bridgehead atoms. The molecule has 1 aromatic carbocycles. The van der Waals surface area contributed by atoms with Crippen LogP contribution in [0.1, 0.15) is 36.0 Å². The lowest BCUT2D eigenvalue weighted by atomic mass is 10.0. The highest BCUT2D eigenvalue weighted by molar-refractivity contribution is 7.89. The molecule has 2 fully saturated rings. The van der Waals surface area contributed by atoms with Gasteiger partial charge in [-0.05, 0) is 31.0 Å². The Morgan fingerprint density at radius 3 is 2.54 bits per heavy atom. The first-order valence-electron chi connectivity index (χ1n) is 8.16. The summed E-state index contributed by atoms with van der Waals surface area (Å²) < 4.78 is 27.6. The fourth-order valence-electron chi connectivity index (χ4n) is 2.97. The van der Waals surface area contributed by atoms with E-state index in [9.17, 15) is 13.2 Å². The molecule has 0 atom stereocenters. The lowest BCUT2D eigenvalue weighted by Gasteiger charge is -2.27. The topological polar surface area (TPSA) is 87.3 Å². The first-order chi connectivity index (χ1) is 11.0. The molecule has 2 aliphatic rings. The monoisotopic (exact) mass is 373 g/mol. The molecule has 0 unspecified atom stereocenters. The number of carbonyl (C=O) groups excluding carboxylic acids is 1. The zero-order chi connectivity index (χ0) is 16.3. The van der Waals surface area contributed by atoms with Crippen molar-refractivity contribution in [2.45, 2.75) is 36.6 Å². The van der Waals surface area contributed by atoms with Crippen LogP contribution in [-0.2, 0) is 10.0 Å². The van der Waals surface area contributed by atoms with Gasteiger partial charge < -0.3 is 10.6 Å². The lowest BCUT2D eigenvalue weighted by molar-refractivity contribution is 0.0942. The van der Waals surface area contributed by atoms with Crippen LogP contribution in [0, 0.1) is 5.92 Å². The summed E-state index contributed by atoms with van der Waals surface area (Å²) in [7, 11) is -3.56. The van der Waals surface area contributed by atoms with E-state index in [4.69, 9.17) is 0 Å². The van der Waals surface area contributed by atoms with Gasteiger partial charge in [0.1, 0.15) is 0 Å². The van der Waals surface area contributed by atoms with Gasteiger partial charge in [-0.2, -0.15) is 0 Å². The van der Waals surface area contributed by atoms with Crippen LogP contribution in [0.5, 0.6) is 0 Å². The molecule has 1 aliphatic heterocycles. The molecular formula is C16H24ClN3O3S. The van der Waals surface area contributed by atoms with E-state index in [1.54, 1.807) is 12.1 Å². The maximum absolute atomic E-state index is 12.4. The van der Waals surface area contributed by atoms with Crippen LogP contribution in [0.2, 0.25) is 0 Å². The molecule has 1 aromatic rings. The van der Waals surface area contributed by atoms with Crippen molar-refractivity contribution in [3.63, 3.8) is 0 Å². The second kappa shape index (κ2) is 8.29. The Bertz CT molecular complexity index is 671. The number of hydrogen-bond acceptors (Lipinski definition) is 4. The van der Waals surface area contributed by atoms with E-state index < -0.39 is 10.0 Å². The zero-order valence-corrected chi connectivity index (χ0v) is 15.1. The molecule has 3 N–H and O–H groups in total. The molecule has 0 radical (unpaired) electrons. The van der Waals surface area contributed by atoms with Crippen LogP contribution in [-0.4, -0.2) is 40.0 Å². The third kappa shape index (κ3) is 4.69. The van der Waals surface area contributed by atoms with Crippen molar-refractivity contribution >= 4 is 28.3 Å². The van der Waals surface area contributed by atoms with Gasteiger partial charge in [0, 0.05) is 37.2 Å². The summed E-state index contributed by atoms with van der Waals surface area (Å²) in [4.78, 5) is 12.3. The van der Waals surface area contributed by atoms with E-state index in [-0.39, 0.29) is 29.3 Å². The summed E-state index contributed by atoms with van der Waals surface area (Å²) in [6.45, 7) is 2.45. The van der Waals surface area contributed by atoms with Gasteiger partial charge in [0.15, 0.2) is 0 Å². The molecule has 8 heteroatoms. The number of hydrogen-bond donors (Lipinski definition) is 3. The summed E-state index contributed by atoms with van der Waals surface area (Å²) in [6.07, 6.45) is 3.89. The second-order valence-corrected chi connectivity index (χ2v) is 8.08. The van der Waals surface area contributed by atoms with Gasteiger partial charge >= 0.3 is 0 Å². The quantitative estimate of drug-likeness (QED) is 0.701. The largest absolute Gasteiger partial charge is 0.352 e. The summed E-state index contributed by atoms with van der Waals surface area (Å²) in [6, 6.07) is 6.25. The van der Waals surface area contributed by atoms with Crippen LogP contribution < -0.4 is 15.4 Å². The third-order valence-electron chi connectivity index (χ3n) is 4.50. The fourth-order valence-corrected chi connectivity index (χ4v) is 4.32. The predicted molar refractivity (Wildman–Crippen MR) is 95.0 cm³/mol. The molecule has 1 saturated heterocycles. The molecule has 3 rings (SSSR count). The van der Waals surface area contributed by atoms with Gasteiger partial charge in [0.05, 0.1) is 4.90 Å². The van der Waals surface area contributed by atoms with Crippen molar-refractivity contribution in [2.24, 2.45) is 5.92 Å². The minimum atomic E-state index is -3.56. The van der Waals surface area contributed by atoms with E-state index in [1.165, 1.54) is 12.1 Å². The number of carbonyl (C=O) groups is 1. The molecule has 1 aliphatic carbocycles. The van der Waals surface area contributed by atoms with Gasteiger partial charge in [-0.3, -0.25) is 4.79 Å². The highest BCUT2D eigenvalue weighted by Gasteiger charge is 2.24. The normalized spacial score (nSPS) is 18.7. The summed E-state index contributed by atoms with van der Waals surface area (Å²) in [5.41, 5.74) is 0.381. The van der Waals surface area contributed by atoms with E-state index >= 15 is 0 Å². The average molecular weight is 374 g/mol. The Kier molecular flexibility index (Phi) is 6.62. The van der Waals surface area contributed by atoms with Gasteiger partial charge in [0.25, 0.3) is 5.91 Å². The Morgan fingerprint density at radius 2 is 1.92 bits per heavy atom.